The van der Waals surface area contributed by atoms with Gasteiger partial charge in [-0.25, -0.2) is 4.39 Å². The minimum atomic E-state index is -1.32. The van der Waals surface area contributed by atoms with Gasteiger partial charge in [0.15, 0.2) is 0 Å². The molecule has 0 bridgehead atoms. The number of halogens is 1. The Balaban J connectivity index is 3.81. The van der Waals surface area contributed by atoms with Crippen molar-refractivity contribution in [1.82, 2.24) is 0 Å². The highest BCUT2D eigenvalue weighted by atomic mass is 19.1. The summed E-state index contributed by atoms with van der Waals surface area (Å²) in [7, 11) is 1.54. The Kier molecular flexibility index (Phi) is 7.35. The fourth-order valence-electron chi connectivity index (χ4n) is 1.73. The first-order valence-electron chi connectivity index (χ1n) is 6.12. The summed E-state index contributed by atoms with van der Waals surface area (Å²) in [6.45, 7) is 6.97. The van der Waals surface area contributed by atoms with Gasteiger partial charge in [0.25, 0.3) is 0 Å². The zero-order chi connectivity index (χ0) is 13.5. The molecule has 3 nitrogen and oxygen atoms in total. The van der Waals surface area contributed by atoms with Crippen molar-refractivity contribution in [2.24, 2.45) is 5.92 Å². The molecule has 0 radical (unpaired) electrons. The first kappa shape index (κ1) is 16.4. The van der Waals surface area contributed by atoms with Crippen molar-refractivity contribution in [3.8, 4) is 0 Å². The lowest BCUT2D eigenvalue weighted by Gasteiger charge is -2.26. The molecule has 102 valence electrons. The van der Waals surface area contributed by atoms with Gasteiger partial charge in [0.1, 0.15) is 5.67 Å². The third-order valence-corrected chi connectivity index (χ3v) is 2.89. The first-order chi connectivity index (χ1) is 7.77. The number of rotatable bonds is 8. The van der Waals surface area contributed by atoms with Crippen LogP contribution in [0.3, 0.4) is 0 Å². The molecule has 2 unspecified atom stereocenters. The third kappa shape index (κ3) is 8.13. The monoisotopic (exact) mass is 248 g/mol. The van der Waals surface area contributed by atoms with Crippen LogP contribution in [0.1, 0.15) is 47.0 Å². The largest absolute Gasteiger partial charge is 0.466 e. The molecule has 0 heterocycles. The van der Waals surface area contributed by atoms with Crippen molar-refractivity contribution in [3.05, 3.63) is 0 Å². The van der Waals surface area contributed by atoms with Crippen molar-refractivity contribution in [3.63, 3.8) is 0 Å². The Morgan fingerprint density at radius 1 is 1.29 bits per heavy atom. The van der Waals surface area contributed by atoms with Crippen molar-refractivity contribution in [1.29, 1.82) is 0 Å². The second-order valence-corrected chi connectivity index (χ2v) is 5.10. The fraction of sp³-hybridized carbons (Fsp3) is 0.923. The average molecular weight is 248 g/mol. The maximum atomic E-state index is 13.7. The number of ether oxygens (including phenoxy) is 2. The molecule has 0 amide bonds. The third-order valence-electron chi connectivity index (χ3n) is 2.89. The van der Waals surface area contributed by atoms with Gasteiger partial charge in [-0.1, -0.05) is 6.92 Å². The molecule has 0 saturated heterocycles. The molecule has 2 atom stereocenters. The number of carbonyl (C=O) groups excluding carboxylic acids is 1. The summed E-state index contributed by atoms with van der Waals surface area (Å²) in [6, 6.07) is 0. The minimum Gasteiger partial charge on any atom is -0.466 e. The van der Waals surface area contributed by atoms with Crippen molar-refractivity contribution < 1.29 is 18.7 Å². The van der Waals surface area contributed by atoms with Gasteiger partial charge in [0.05, 0.1) is 12.7 Å². The van der Waals surface area contributed by atoms with Crippen LogP contribution in [0.25, 0.3) is 0 Å². The van der Waals surface area contributed by atoms with Crippen LogP contribution in [0.15, 0.2) is 0 Å². The van der Waals surface area contributed by atoms with E-state index in [-0.39, 0.29) is 12.1 Å². The van der Waals surface area contributed by atoms with Gasteiger partial charge in [0, 0.05) is 14.0 Å². The molecule has 0 saturated carbocycles. The molecule has 17 heavy (non-hydrogen) atoms. The van der Waals surface area contributed by atoms with Crippen molar-refractivity contribution in [2.45, 2.75) is 58.7 Å². The van der Waals surface area contributed by atoms with Crippen molar-refractivity contribution >= 4 is 5.97 Å². The quantitative estimate of drug-likeness (QED) is 0.619. The Hall–Kier alpha value is -0.640. The fourth-order valence-corrected chi connectivity index (χ4v) is 1.73. The van der Waals surface area contributed by atoms with Gasteiger partial charge in [-0.2, -0.15) is 0 Å². The van der Waals surface area contributed by atoms with Crippen LogP contribution >= 0.6 is 0 Å². The Morgan fingerprint density at radius 2 is 1.88 bits per heavy atom. The van der Waals surface area contributed by atoms with Gasteiger partial charge in [-0.05, 0) is 39.0 Å². The van der Waals surface area contributed by atoms with E-state index in [1.807, 2.05) is 0 Å². The molecule has 0 spiro atoms. The molecule has 0 rings (SSSR count). The van der Waals surface area contributed by atoms with E-state index >= 15 is 0 Å². The van der Waals surface area contributed by atoms with Gasteiger partial charge in [-0.15, -0.1) is 0 Å². The second kappa shape index (κ2) is 7.64. The Bertz CT molecular complexity index is 223. The smallest absolute Gasteiger partial charge is 0.302 e. The summed E-state index contributed by atoms with van der Waals surface area (Å²) >= 11 is 0. The van der Waals surface area contributed by atoms with E-state index in [2.05, 4.69) is 6.92 Å². The summed E-state index contributed by atoms with van der Waals surface area (Å²) in [6.07, 6.45) is 1.98. The molecule has 0 aliphatic rings. The highest BCUT2D eigenvalue weighted by Gasteiger charge is 2.28. The summed E-state index contributed by atoms with van der Waals surface area (Å²) in [5.41, 5.74) is -1.32. The number of methoxy groups -OCH3 is 1. The van der Waals surface area contributed by atoms with Crippen LogP contribution in [0.5, 0.6) is 0 Å². The molecule has 0 fully saturated rings. The second-order valence-electron chi connectivity index (χ2n) is 5.10. The molecule has 0 aromatic heterocycles. The highest BCUT2D eigenvalue weighted by molar-refractivity contribution is 5.65. The van der Waals surface area contributed by atoms with Crippen LogP contribution in [-0.4, -0.2) is 31.5 Å². The van der Waals surface area contributed by atoms with Gasteiger partial charge >= 0.3 is 5.97 Å². The van der Waals surface area contributed by atoms with Crippen LogP contribution in [0.4, 0.5) is 4.39 Å². The molecule has 0 aromatic carbocycles. The summed E-state index contributed by atoms with van der Waals surface area (Å²) in [5.74, 6) is 0.145. The lowest BCUT2D eigenvalue weighted by molar-refractivity contribution is -0.141. The normalized spacial score (nSPS) is 15.4. The Labute approximate surface area is 104 Å². The number of alkyl halides is 1. The van der Waals surface area contributed by atoms with E-state index in [0.29, 0.717) is 18.9 Å². The van der Waals surface area contributed by atoms with Crippen LogP contribution < -0.4 is 0 Å². The minimum absolute atomic E-state index is 0.253. The lowest BCUT2D eigenvalue weighted by Crippen LogP contribution is -2.33. The topological polar surface area (TPSA) is 35.5 Å². The van der Waals surface area contributed by atoms with Crippen LogP contribution in [-0.2, 0) is 14.3 Å². The average Bonchev–Trinajstić information content (AvgIpc) is 2.15. The predicted octanol–water partition coefficient (Wildman–Crippen LogP) is 3.12. The first-order valence-corrected chi connectivity index (χ1v) is 6.12. The SMILES string of the molecule is COC(CCC(C)CCOC(C)=O)C(C)(C)F. The highest BCUT2D eigenvalue weighted by Crippen LogP contribution is 2.24. The summed E-state index contributed by atoms with van der Waals surface area (Å²) in [4.78, 5) is 10.6. The van der Waals surface area contributed by atoms with E-state index in [1.165, 1.54) is 27.9 Å². The standard InChI is InChI=1S/C13H25FO3/c1-10(8-9-17-11(2)15)6-7-12(16-5)13(3,4)14/h10,12H,6-9H2,1-5H3. The van der Waals surface area contributed by atoms with E-state index in [1.54, 1.807) is 0 Å². The number of esters is 1. The zero-order valence-corrected chi connectivity index (χ0v) is 11.6. The van der Waals surface area contributed by atoms with E-state index in [0.717, 1.165) is 12.8 Å². The van der Waals surface area contributed by atoms with E-state index in [4.69, 9.17) is 9.47 Å². The van der Waals surface area contributed by atoms with Gasteiger partial charge < -0.3 is 9.47 Å². The van der Waals surface area contributed by atoms with Crippen molar-refractivity contribution in [2.75, 3.05) is 13.7 Å². The van der Waals surface area contributed by atoms with Crippen LogP contribution in [0.2, 0.25) is 0 Å². The Morgan fingerprint density at radius 3 is 2.29 bits per heavy atom. The van der Waals surface area contributed by atoms with E-state index < -0.39 is 5.67 Å². The molecular weight excluding hydrogens is 223 g/mol. The van der Waals surface area contributed by atoms with Gasteiger partial charge in [-0.3, -0.25) is 4.79 Å². The molecule has 0 aliphatic heterocycles. The maximum Gasteiger partial charge on any atom is 0.302 e. The molecule has 0 aromatic rings. The van der Waals surface area contributed by atoms with Crippen LogP contribution in [0, 0.1) is 5.92 Å². The van der Waals surface area contributed by atoms with E-state index in [9.17, 15) is 9.18 Å². The summed E-state index contributed by atoms with van der Waals surface area (Å²) < 4.78 is 23.7. The lowest BCUT2D eigenvalue weighted by atomic mass is 9.93. The number of hydrogen-bond donors (Lipinski definition) is 0. The zero-order valence-electron chi connectivity index (χ0n) is 11.6. The summed E-state index contributed by atoms with van der Waals surface area (Å²) in [5, 5.41) is 0. The number of carbonyl (C=O) groups is 1. The predicted molar refractivity (Wildman–Crippen MR) is 65.6 cm³/mol. The molecule has 4 heteroatoms. The van der Waals surface area contributed by atoms with Gasteiger partial charge in [0.2, 0.25) is 0 Å². The number of hydrogen-bond acceptors (Lipinski definition) is 3. The molecule has 0 N–H and O–H groups in total. The molecular formula is C13H25FO3. The maximum absolute atomic E-state index is 13.7. The molecule has 0 aliphatic carbocycles.